The number of methoxy groups -OCH3 is 1. The molecule has 5 heteroatoms. The first-order valence-electron chi connectivity index (χ1n) is 3.77. The van der Waals surface area contributed by atoms with Crippen LogP contribution >= 0.6 is 0 Å². The summed E-state index contributed by atoms with van der Waals surface area (Å²) in [5.41, 5.74) is 6.71. The van der Waals surface area contributed by atoms with Gasteiger partial charge in [0.05, 0.1) is 24.7 Å². The predicted octanol–water partition coefficient (Wildman–Crippen LogP) is -0.0422. The van der Waals surface area contributed by atoms with Gasteiger partial charge in [0, 0.05) is 6.20 Å². The summed E-state index contributed by atoms with van der Waals surface area (Å²) in [6, 6.07) is -0.849. The van der Waals surface area contributed by atoms with E-state index in [1.54, 1.807) is 13.1 Å². The van der Waals surface area contributed by atoms with Crippen molar-refractivity contribution < 1.29 is 9.53 Å². The highest BCUT2D eigenvalue weighted by Crippen LogP contribution is 2.06. The minimum absolute atomic E-state index is 0.414. The zero-order valence-corrected chi connectivity index (χ0v) is 7.52. The first kappa shape index (κ1) is 9.60. The van der Waals surface area contributed by atoms with Crippen LogP contribution in [0.15, 0.2) is 12.4 Å². The first-order valence-corrected chi connectivity index (χ1v) is 3.77. The molecular formula is C8H11N3O2. The van der Waals surface area contributed by atoms with Crippen LogP contribution in [0.2, 0.25) is 0 Å². The number of aromatic nitrogens is 2. The molecule has 1 atom stereocenters. The van der Waals surface area contributed by atoms with E-state index in [2.05, 4.69) is 14.7 Å². The number of aryl methyl sites for hydroxylation is 1. The molecular weight excluding hydrogens is 170 g/mol. The zero-order chi connectivity index (χ0) is 9.84. The lowest BCUT2D eigenvalue weighted by molar-refractivity contribution is -0.142. The van der Waals surface area contributed by atoms with Crippen LogP contribution in [-0.4, -0.2) is 23.0 Å². The Hall–Kier alpha value is -1.49. The van der Waals surface area contributed by atoms with Gasteiger partial charge in [-0.25, -0.2) is 4.79 Å². The highest BCUT2D eigenvalue weighted by molar-refractivity contribution is 5.76. The largest absolute Gasteiger partial charge is 0.468 e. The van der Waals surface area contributed by atoms with Crippen molar-refractivity contribution in [3.8, 4) is 0 Å². The number of carbonyl (C=O) groups is 1. The molecule has 0 saturated heterocycles. The normalized spacial score (nSPS) is 12.2. The van der Waals surface area contributed by atoms with Crippen molar-refractivity contribution in [2.45, 2.75) is 13.0 Å². The van der Waals surface area contributed by atoms with E-state index in [1.165, 1.54) is 13.3 Å². The fraction of sp³-hybridized carbons (Fsp3) is 0.375. The van der Waals surface area contributed by atoms with Gasteiger partial charge in [0.1, 0.15) is 6.04 Å². The predicted molar refractivity (Wildman–Crippen MR) is 45.7 cm³/mol. The van der Waals surface area contributed by atoms with Crippen LogP contribution in [0.5, 0.6) is 0 Å². The molecule has 0 aromatic carbocycles. The van der Waals surface area contributed by atoms with Crippen LogP contribution in [0.3, 0.4) is 0 Å². The van der Waals surface area contributed by atoms with Gasteiger partial charge < -0.3 is 10.5 Å². The van der Waals surface area contributed by atoms with Gasteiger partial charge in [-0.1, -0.05) is 0 Å². The van der Waals surface area contributed by atoms with Gasteiger partial charge in [0.15, 0.2) is 0 Å². The lowest BCUT2D eigenvalue weighted by Crippen LogP contribution is -2.23. The maximum atomic E-state index is 11.0. The van der Waals surface area contributed by atoms with Gasteiger partial charge >= 0.3 is 5.97 Å². The Morgan fingerprint density at radius 1 is 1.54 bits per heavy atom. The van der Waals surface area contributed by atoms with Gasteiger partial charge in [0.2, 0.25) is 0 Å². The minimum Gasteiger partial charge on any atom is -0.468 e. The van der Waals surface area contributed by atoms with Crippen molar-refractivity contribution in [3.05, 3.63) is 23.8 Å². The van der Waals surface area contributed by atoms with Crippen molar-refractivity contribution in [1.29, 1.82) is 0 Å². The van der Waals surface area contributed by atoms with Gasteiger partial charge in [-0.15, -0.1) is 0 Å². The molecule has 13 heavy (non-hydrogen) atoms. The third-order valence-corrected chi connectivity index (χ3v) is 1.57. The average molecular weight is 181 g/mol. The summed E-state index contributed by atoms with van der Waals surface area (Å²) in [5.74, 6) is -0.516. The molecule has 0 aliphatic rings. The molecule has 1 heterocycles. The molecule has 1 rings (SSSR count). The van der Waals surface area contributed by atoms with E-state index in [4.69, 9.17) is 5.73 Å². The molecule has 0 fully saturated rings. The van der Waals surface area contributed by atoms with Crippen molar-refractivity contribution in [3.63, 3.8) is 0 Å². The molecule has 1 aromatic heterocycles. The van der Waals surface area contributed by atoms with Crippen LogP contribution in [-0.2, 0) is 9.53 Å². The highest BCUT2D eigenvalue weighted by atomic mass is 16.5. The zero-order valence-electron chi connectivity index (χ0n) is 7.52. The standard InChI is InChI=1S/C8H11N3O2/c1-5-3-11-6(4-10-5)7(9)8(12)13-2/h3-4,7H,9H2,1-2H3. The quantitative estimate of drug-likeness (QED) is 0.647. The molecule has 0 saturated carbocycles. The number of ether oxygens (including phenoxy) is 1. The molecule has 70 valence electrons. The van der Waals surface area contributed by atoms with Crippen LogP contribution in [0.4, 0.5) is 0 Å². The molecule has 0 radical (unpaired) electrons. The SMILES string of the molecule is COC(=O)C(N)c1cnc(C)cn1. The molecule has 1 unspecified atom stereocenters. The molecule has 0 aliphatic carbocycles. The van der Waals surface area contributed by atoms with Crippen molar-refractivity contribution >= 4 is 5.97 Å². The molecule has 0 spiro atoms. The Kier molecular flexibility index (Phi) is 2.92. The number of nitrogens with zero attached hydrogens (tertiary/aromatic N) is 2. The van der Waals surface area contributed by atoms with E-state index in [0.717, 1.165) is 5.69 Å². The van der Waals surface area contributed by atoms with Crippen LogP contribution in [0, 0.1) is 6.92 Å². The molecule has 0 bridgehead atoms. The topological polar surface area (TPSA) is 78.1 Å². The fourth-order valence-electron chi connectivity index (χ4n) is 0.811. The summed E-state index contributed by atoms with van der Waals surface area (Å²) >= 11 is 0. The van der Waals surface area contributed by atoms with Crippen LogP contribution < -0.4 is 5.73 Å². The van der Waals surface area contributed by atoms with Gasteiger partial charge in [-0.3, -0.25) is 9.97 Å². The summed E-state index contributed by atoms with van der Waals surface area (Å²) in [6.45, 7) is 1.81. The number of nitrogens with two attached hydrogens (primary N) is 1. The molecule has 5 nitrogen and oxygen atoms in total. The lowest BCUT2D eigenvalue weighted by atomic mass is 10.2. The fourth-order valence-corrected chi connectivity index (χ4v) is 0.811. The van der Waals surface area contributed by atoms with Crippen LogP contribution in [0.25, 0.3) is 0 Å². The number of carbonyl (C=O) groups excluding carboxylic acids is 1. The first-order chi connectivity index (χ1) is 6.15. The highest BCUT2D eigenvalue weighted by Gasteiger charge is 2.17. The third-order valence-electron chi connectivity index (χ3n) is 1.57. The molecule has 0 aliphatic heterocycles. The van der Waals surface area contributed by atoms with E-state index in [9.17, 15) is 4.79 Å². The maximum Gasteiger partial charge on any atom is 0.328 e. The minimum atomic E-state index is -0.849. The Bertz CT molecular complexity index is 297. The second kappa shape index (κ2) is 3.95. The van der Waals surface area contributed by atoms with E-state index < -0.39 is 12.0 Å². The van der Waals surface area contributed by atoms with E-state index in [1.807, 2.05) is 0 Å². The number of rotatable bonds is 2. The summed E-state index contributed by atoms with van der Waals surface area (Å²) in [4.78, 5) is 18.9. The van der Waals surface area contributed by atoms with Gasteiger partial charge in [-0.05, 0) is 6.92 Å². The van der Waals surface area contributed by atoms with Crippen LogP contribution in [0.1, 0.15) is 17.4 Å². The molecule has 1 aromatic rings. The second-order valence-electron chi connectivity index (χ2n) is 2.58. The monoisotopic (exact) mass is 181 g/mol. The maximum absolute atomic E-state index is 11.0. The van der Waals surface area contributed by atoms with E-state index >= 15 is 0 Å². The Morgan fingerprint density at radius 3 is 2.69 bits per heavy atom. The Labute approximate surface area is 75.9 Å². The molecule has 0 amide bonds. The Balaban J connectivity index is 2.83. The summed E-state index contributed by atoms with van der Waals surface area (Å²) in [5, 5.41) is 0. The third kappa shape index (κ3) is 2.22. The number of esters is 1. The number of hydrogen-bond donors (Lipinski definition) is 1. The van der Waals surface area contributed by atoms with Gasteiger partial charge in [-0.2, -0.15) is 0 Å². The summed E-state index contributed by atoms with van der Waals surface area (Å²) in [7, 11) is 1.28. The van der Waals surface area contributed by atoms with Crippen molar-refractivity contribution in [2.24, 2.45) is 5.73 Å². The van der Waals surface area contributed by atoms with Gasteiger partial charge in [0.25, 0.3) is 0 Å². The average Bonchev–Trinajstić information content (AvgIpc) is 2.17. The van der Waals surface area contributed by atoms with E-state index in [-0.39, 0.29) is 0 Å². The van der Waals surface area contributed by atoms with E-state index in [0.29, 0.717) is 5.69 Å². The molecule has 2 N–H and O–H groups in total. The second-order valence-corrected chi connectivity index (χ2v) is 2.58. The summed E-state index contributed by atoms with van der Waals surface area (Å²) in [6.07, 6.45) is 3.02. The Morgan fingerprint density at radius 2 is 2.23 bits per heavy atom. The summed E-state index contributed by atoms with van der Waals surface area (Å²) < 4.78 is 4.46. The lowest BCUT2D eigenvalue weighted by Gasteiger charge is -2.07. The smallest absolute Gasteiger partial charge is 0.328 e. The number of hydrogen-bond acceptors (Lipinski definition) is 5. The van der Waals surface area contributed by atoms with Crippen molar-refractivity contribution in [1.82, 2.24) is 9.97 Å². The van der Waals surface area contributed by atoms with Crippen molar-refractivity contribution in [2.75, 3.05) is 7.11 Å².